The predicted molar refractivity (Wildman–Crippen MR) is 92.4 cm³/mol. The number of carbonyl (C=O) groups is 1. The van der Waals surface area contributed by atoms with Gasteiger partial charge in [-0.15, -0.1) is 0 Å². The number of aryl methyl sites for hydroxylation is 1. The molecule has 2 aromatic rings. The predicted octanol–water partition coefficient (Wildman–Crippen LogP) is 2.51. The highest BCUT2D eigenvalue weighted by molar-refractivity contribution is 6.30. The summed E-state index contributed by atoms with van der Waals surface area (Å²) >= 11 is 5.94. The highest BCUT2D eigenvalue weighted by Gasteiger charge is 2.11. The Hall–Kier alpha value is -2.72. The van der Waals surface area contributed by atoms with E-state index in [1.165, 1.54) is 0 Å². The summed E-state index contributed by atoms with van der Waals surface area (Å²) in [6, 6.07) is 8.96. The van der Waals surface area contributed by atoms with Gasteiger partial charge in [0, 0.05) is 11.6 Å². The fourth-order valence-corrected chi connectivity index (χ4v) is 2.47. The zero-order chi connectivity index (χ0) is 17.5. The Kier molecular flexibility index (Phi) is 6.04. The molecule has 0 fully saturated rings. The van der Waals surface area contributed by atoms with Crippen molar-refractivity contribution in [3.05, 3.63) is 46.1 Å². The molecule has 1 aromatic carbocycles. The molecule has 1 heterocycles. The average Bonchev–Trinajstić information content (AvgIpc) is 2.91. The Labute approximate surface area is 145 Å². The maximum atomic E-state index is 11.9. The molecule has 1 aromatic heterocycles. The normalized spacial score (nSPS) is 11.5. The van der Waals surface area contributed by atoms with Crippen LogP contribution in [0.25, 0.3) is 0 Å². The number of nitrogens with two attached hydrogens (primary N) is 1. The Morgan fingerprint density at radius 3 is 3.04 bits per heavy atom. The summed E-state index contributed by atoms with van der Waals surface area (Å²) in [5.74, 6) is 0.202. The number of rotatable bonds is 6. The molecule has 7 nitrogen and oxygen atoms in total. The number of amides is 2. The van der Waals surface area contributed by atoms with Crippen molar-refractivity contribution in [2.45, 2.75) is 25.8 Å². The highest BCUT2D eigenvalue weighted by atomic mass is 35.5. The van der Waals surface area contributed by atoms with Gasteiger partial charge in [0.2, 0.25) is 0 Å². The lowest BCUT2D eigenvalue weighted by atomic mass is 10.1. The molecule has 2 rings (SSSR count). The summed E-state index contributed by atoms with van der Waals surface area (Å²) in [6.45, 7) is 2.36. The van der Waals surface area contributed by atoms with Crippen LogP contribution in [0.4, 0.5) is 10.6 Å². The number of nitrogens with zero attached hydrogens (tertiary/aromatic N) is 2. The molecule has 0 aliphatic carbocycles. The van der Waals surface area contributed by atoms with Gasteiger partial charge in [-0.3, -0.25) is 5.10 Å². The fraction of sp³-hybridized carbons (Fsp3) is 0.312. The summed E-state index contributed by atoms with van der Waals surface area (Å²) in [5, 5.41) is 21.8. The van der Waals surface area contributed by atoms with E-state index in [4.69, 9.17) is 22.6 Å². The minimum atomic E-state index is -0.257. The van der Waals surface area contributed by atoms with Crippen LogP contribution in [0.1, 0.15) is 36.2 Å². The van der Waals surface area contributed by atoms with Crippen molar-refractivity contribution in [3.8, 4) is 6.07 Å². The lowest BCUT2D eigenvalue weighted by molar-refractivity contribution is 0.238. The lowest BCUT2D eigenvalue weighted by Crippen LogP contribution is -2.37. The van der Waals surface area contributed by atoms with Crippen LogP contribution in [0, 0.1) is 11.3 Å². The van der Waals surface area contributed by atoms with E-state index < -0.39 is 0 Å². The third kappa shape index (κ3) is 4.64. The minimum absolute atomic E-state index is 0.152. The van der Waals surface area contributed by atoms with Crippen LogP contribution in [0.5, 0.6) is 0 Å². The zero-order valence-corrected chi connectivity index (χ0v) is 14.0. The van der Waals surface area contributed by atoms with Gasteiger partial charge in [-0.2, -0.15) is 10.4 Å². The van der Waals surface area contributed by atoms with Crippen molar-refractivity contribution in [1.82, 2.24) is 20.8 Å². The van der Waals surface area contributed by atoms with Gasteiger partial charge in [0.05, 0.1) is 11.7 Å². The highest BCUT2D eigenvalue weighted by Crippen LogP contribution is 2.17. The molecule has 0 radical (unpaired) electrons. The summed E-state index contributed by atoms with van der Waals surface area (Å²) in [7, 11) is 0. The molecule has 2 amide bonds. The van der Waals surface area contributed by atoms with Crippen LogP contribution >= 0.6 is 11.6 Å². The molecule has 24 heavy (non-hydrogen) atoms. The molecule has 1 unspecified atom stereocenters. The molecule has 0 spiro atoms. The van der Waals surface area contributed by atoms with Crippen LogP contribution in [0.2, 0.25) is 5.02 Å². The number of benzene rings is 1. The summed E-state index contributed by atoms with van der Waals surface area (Å²) < 4.78 is 0. The first kappa shape index (κ1) is 17.6. The maximum Gasteiger partial charge on any atom is 0.315 e. The second kappa shape index (κ2) is 8.22. The Bertz CT molecular complexity index is 751. The van der Waals surface area contributed by atoms with Gasteiger partial charge in [-0.05, 0) is 37.5 Å². The van der Waals surface area contributed by atoms with Gasteiger partial charge in [-0.1, -0.05) is 23.7 Å². The molecule has 0 bridgehead atoms. The Morgan fingerprint density at radius 2 is 2.33 bits per heavy atom. The number of nitriles is 1. The molecule has 0 aliphatic rings. The molecule has 126 valence electrons. The molecule has 5 N–H and O–H groups in total. The van der Waals surface area contributed by atoms with Gasteiger partial charge in [0.25, 0.3) is 0 Å². The monoisotopic (exact) mass is 346 g/mol. The van der Waals surface area contributed by atoms with Crippen molar-refractivity contribution in [1.29, 1.82) is 5.26 Å². The van der Waals surface area contributed by atoms with E-state index in [0.29, 0.717) is 35.7 Å². The van der Waals surface area contributed by atoms with Crippen molar-refractivity contribution in [2.24, 2.45) is 0 Å². The number of hydrogen-bond donors (Lipinski definition) is 4. The Balaban J connectivity index is 1.74. The van der Waals surface area contributed by atoms with Crippen molar-refractivity contribution in [2.75, 3.05) is 12.3 Å². The second-order valence-corrected chi connectivity index (χ2v) is 5.79. The SMILES string of the molecule is CC(NC(=O)NCCCc1[nH]nc(N)c1C#N)c1cccc(Cl)c1. The van der Waals surface area contributed by atoms with Crippen LogP contribution < -0.4 is 16.4 Å². The van der Waals surface area contributed by atoms with E-state index in [2.05, 4.69) is 20.8 Å². The van der Waals surface area contributed by atoms with Gasteiger partial charge < -0.3 is 16.4 Å². The summed E-state index contributed by atoms with van der Waals surface area (Å²) in [5.41, 5.74) is 7.56. The largest absolute Gasteiger partial charge is 0.381 e. The van der Waals surface area contributed by atoms with E-state index in [9.17, 15) is 4.79 Å². The number of nitrogen functional groups attached to an aromatic ring is 1. The molecule has 0 saturated heterocycles. The smallest absolute Gasteiger partial charge is 0.315 e. The number of hydrogen-bond acceptors (Lipinski definition) is 4. The topological polar surface area (TPSA) is 120 Å². The van der Waals surface area contributed by atoms with E-state index in [0.717, 1.165) is 5.56 Å². The first-order valence-corrected chi connectivity index (χ1v) is 7.91. The minimum Gasteiger partial charge on any atom is -0.381 e. The van der Waals surface area contributed by atoms with Crippen LogP contribution in [0.3, 0.4) is 0 Å². The zero-order valence-electron chi connectivity index (χ0n) is 13.3. The number of carbonyl (C=O) groups excluding carboxylic acids is 1. The number of nitrogens with one attached hydrogen (secondary N) is 3. The standard InChI is InChI=1S/C16H19ClN6O/c1-10(11-4-2-5-12(17)8-11)21-16(24)20-7-3-6-14-13(9-18)15(19)23-22-14/h2,4-5,8,10H,3,6-7H2,1H3,(H3,19,22,23)(H2,20,21,24). The van der Waals surface area contributed by atoms with Gasteiger partial charge in [0.15, 0.2) is 5.82 Å². The molecule has 0 saturated carbocycles. The van der Waals surface area contributed by atoms with E-state index in [1.54, 1.807) is 6.07 Å². The number of aromatic nitrogens is 2. The maximum absolute atomic E-state index is 11.9. The fourth-order valence-electron chi connectivity index (χ4n) is 2.27. The number of aromatic amines is 1. The number of urea groups is 1. The molecule has 8 heteroatoms. The van der Waals surface area contributed by atoms with Crippen molar-refractivity contribution >= 4 is 23.4 Å². The van der Waals surface area contributed by atoms with Gasteiger partial charge in [0.1, 0.15) is 11.6 Å². The average molecular weight is 347 g/mol. The van der Waals surface area contributed by atoms with Crippen molar-refractivity contribution in [3.63, 3.8) is 0 Å². The van der Waals surface area contributed by atoms with E-state index >= 15 is 0 Å². The van der Waals surface area contributed by atoms with Gasteiger partial charge in [-0.25, -0.2) is 4.79 Å². The van der Waals surface area contributed by atoms with Crippen LogP contribution in [-0.4, -0.2) is 22.8 Å². The first-order chi connectivity index (χ1) is 11.5. The third-order valence-electron chi connectivity index (χ3n) is 3.57. The van der Waals surface area contributed by atoms with Gasteiger partial charge >= 0.3 is 6.03 Å². The number of H-pyrrole nitrogens is 1. The number of halogens is 1. The molecular formula is C16H19ClN6O. The second-order valence-electron chi connectivity index (χ2n) is 5.35. The van der Waals surface area contributed by atoms with Crippen LogP contribution in [0.15, 0.2) is 24.3 Å². The summed E-state index contributed by atoms with van der Waals surface area (Å²) in [6.07, 6.45) is 1.24. The Morgan fingerprint density at radius 1 is 1.54 bits per heavy atom. The number of anilines is 1. The molecular weight excluding hydrogens is 328 g/mol. The molecule has 0 aliphatic heterocycles. The van der Waals surface area contributed by atoms with Crippen LogP contribution in [-0.2, 0) is 6.42 Å². The third-order valence-corrected chi connectivity index (χ3v) is 3.80. The molecule has 1 atom stereocenters. The first-order valence-electron chi connectivity index (χ1n) is 7.54. The van der Waals surface area contributed by atoms with E-state index in [-0.39, 0.29) is 17.9 Å². The van der Waals surface area contributed by atoms with Crippen molar-refractivity contribution < 1.29 is 4.79 Å². The van der Waals surface area contributed by atoms with E-state index in [1.807, 2.05) is 31.2 Å². The quantitative estimate of drug-likeness (QED) is 0.600. The lowest BCUT2D eigenvalue weighted by Gasteiger charge is -2.15. The summed E-state index contributed by atoms with van der Waals surface area (Å²) in [4.78, 5) is 11.9.